The van der Waals surface area contributed by atoms with E-state index in [4.69, 9.17) is 5.11 Å². The Bertz CT molecular complexity index is 215. The van der Waals surface area contributed by atoms with Gasteiger partial charge in [-0.1, -0.05) is 12.8 Å². The van der Waals surface area contributed by atoms with Crippen molar-refractivity contribution in [2.45, 2.75) is 33.1 Å². The van der Waals surface area contributed by atoms with Crippen LogP contribution in [0.1, 0.15) is 33.1 Å². The Morgan fingerprint density at radius 2 is 2.21 bits per heavy atom. The van der Waals surface area contributed by atoms with Crippen molar-refractivity contribution in [3.05, 3.63) is 0 Å². The summed E-state index contributed by atoms with van der Waals surface area (Å²) in [6, 6.07) is 0. The Balaban J connectivity index is 3.29. The fourth-order valence-corrected chi connectivity index (χ4v) is 1.10. The summed E-state index contributed by atoms with van der Waals surface area (Å²) < 4.78 is 0. The molecule has 0 radical (unpaired) electrons. The highest BCUT2D eigenvalue weighted by atomic mass is 16.4. The molecule has 0 aromatic rings. The Labute approximate surface area is 85.9 Å². The van der Waals surface area contributed by atoms with Crippen LogP contribution in [0.2, 0.25) is 0 Å². The first kappa shape index (κ1) is 13.0. The van der Waals surface area contributed by atoms with E-state index in [1.165, 1.54) is 0 Å². The van der Waals surface area contributed by atoms with Crippen LogP contribution >= 0.6 is 0 Å². The fraction of sp³-hybridized carbons (Fsp3) is 0.727. The molecule has 0 aromatic heterocycles. The fourth-order valence-electron chi connectivity index (χ4n) is 1.10. The van der Waals surface area contributed by atoms with E-state index < -0.39 is 5.97 Å². The molecule has 0 rings (SSSR count). The van der Waals surface area contributed by atoms with Crippen LogP contribution in [0.3, 0.4) is 0 Å². The molecule has 0 saturated carbocycles. The van der Waals surface area contributed by atoms with Crippen molar-refractivity contribution in [1.29, 1.82) is 0 Å². The van der Waals surface area contributed by atoms with Crippen LogP contribution in [0.4, 0.5) is 0 Å². The molecule has 80 valence electrons. The summed E-state index contributed by atoms with van der Waals surface area (Å²) in [5, 5.41) is 11.7. The molecule has 0 heterocycles. The first-order valence-electron chi connectivity index (χ1n) is 4.99. The van der Waals surface area contributed by atoms with Crippen molar-refractivity contribution in [3.8, 4) is 11.8 Å². The maximum atomic E-state index is 10.3. The van der Waals surface area contributed by atoms with Crippen molar-refractivity contribution in [2.75, 3.05) is 13.1 Å². The van der Waals surface area contributed by atoms with Crippen LogP contribution in [0, 0.1) is 17.8 Å². The number of rotatable bonds is 7. The average molecular weight is 197 g/mol. The first-order chi connectivity index (χ1) is 6.66. The van der Waals surface area contributed by atoms with Crippen molar-refractivity contribution >= 4 is 5.97 Å². The molecule has 0 aromatic carbocycles. The van der Waals surface area contributed by atoms with Gasteiger partial charge in [0.05, 0.1) is 6.54 Å². The van der Waals surface area contributed by atoms with E-state index in [0.717, 1.165) is 25.9 Å². The maximum Gasteiger partial charge on any atom is 0.303 e. The van der Waals surface area contributed by atoms with Gasteiger partial charge in [-0.25, -0.2) is 0 Å². The van der Waals surface area contributed by atoms with E-state index in [9.17, 15) is 4.79 Å². The topological polar surface area (TPSA) is 49.3 Å². The summed E-state index contributed by atoms with van der Waals surface area (Å²) in [6.45, 7) is 5.53. The zero-order valence-corrected chi connectivity index (χ0v) is 8.97. The van der Waals surface area contributed by atoms with Gasteiger partial charge < -0.3 is 10.4 Å². The minimum Gasteiger partial charge on any atom is -0.481 e. The van der Waals surface area contributed by atoms with Crippen LogP contribution in [0.5, 0.6) is 0 Å². The van der Waals surface area contributed by atoms with Crippen molar-refractivity contribution < 1.29 is 9.90 Å². The first-order valence-corrected chi connectivity index (χ1v) is 4.99. The lowest BCUT2D eigenvalue weighted by Crippen LogP contribution is -2.17. The third-order valence-corrected chi connectivity index (χ3v) is 2.06. The van der Waals surface area contributed by atoms with Gasteiger partial charge in [-0.15, -0.1) is 5.92 Å². The minimum atomic E-state index is -0.707. The highest BCUT2D eigenvalue weighted by Gasteiger charge is 2.04. The third kappa shape index (κ3) is 9.08. The molecule has 0 bridgehead atoms. The second-order valence-electron chi connectivity index (χ2n) is 3.43. The monoisotopic (exact) mass is 197 g/mol. The maximum absolute atomic E-state index is 10.3. The van der Waals surface area contributed by atoms with Gasteiger partial charge in [0.25, 0.3) is 0 Å². The van der Waals surface area contributed by atoms with Crippen LogP contribution in [0.25, 0.3) is 0 Å². The van der Waals surface area contributed by atoms with Gasteiger partial charge >= 0.3 is 5.97 Å². The molecule has 1 unspecified atom stereocenters. The molecule has 0 aliphatic rings. The Kier molecular flexibility index (Phi) is 7.96. The van der Waals surface area contributed by atoms with E-state index in [0.29, 0.717) is 5.92 Å². The minimum absolute atomic E-state index is 0.274. The molecule has 0 amide bonds. The van der Waals surface area contributed by atoms with E-state index in [2.05, 4.69) is 24.1 Å². The summed E-state index contributed by atoms with van der Waals surface area (Å²) in [5.74, 6) is 5.48. The molecule has 0 spiro atoms. The highest BCUT2D eigenvalue weighted by molar-refractivity contribution is 5.66. The SMILES string of the molecule is CC#CCNCCC(C)CCC(=O)O. The highest BCUT2D eigenvalue weighted by Crippen LogP contribution is 2.08. The quantitative estimate of drug-likeness (QED) is 0.480. The number of hydrogen-bond acceptors (Lipinski definition) is 2. The summed E-state index contributed by atoms with van der Waals surface area (Å²) in [4.78, 5) is 10.3. The summed E-state index contributed by atoms with van der Waals surface area (Å²) in [6.07, 6.45) is 2.05. The summed E-state index contributed by atoms with van der Waals surface area (Å²) in [5.41, 5.74) is 0. The lowest BCUT2D eigenvalue weighted by molar-refractivity contribution is -0.137. The van der Waals surface area contributed by atoms with Gasteiger partial charge in [0, 0.05) is 6.42 Å². The third-order valence-electron chi connectivity index (χ3n) is 2.06. The lowest BCUT2D eigenvalue weighted by Gasteiger charge is -2.09. The average Bonchev–Trinajstić information content (AvgIpc) is 2.14. The molecule has 0 fully saturated rings. The predicted molar refractivity (Wildman–Crippen MR) is 57.0 cm³/mol. The molecular formula is C11H19NO2. The number of carboxylic acid groups (broad SMARTS) is 1. The molecule has 0 aliphatic heterocycles. The number of aliphatic carboxylic acids is 1. The summed E-state index contributed by atoms with van der Waals surface area (Å²) >= 11 is 0. The van der Waals surface area contributed by atoms with E-state index in [-0.39, 0.29) is 6.42 Å². The van der Waals surface area contributed by atoms with E-state index in [1.807, 2.05) is 6.92 Å². The standard InChI is InChI=1S/C11H19NO2/c1-3-4-8-12-9-7-10(2)5-6-11(13)14/h10,12H,5-9H2,1-2H3,(H,13,14). The molecule has 3 nitrogen and oxygen atoms in total. The van der Waals surface area contributed by atoms with Gasteiger partial charge in [-0.05, 0) is 32.2 Å². The van der Waals surface area contributed by atoms with Gasteiger partial charge in [0.1, 0.15) is 0 Å². The predicted octanol–water partition coefficient (Wildman–Crippen LogP) is 1.49. The molecule has 14 heavy (non-hydrogen) atoms. The molecule has 0 saturated heterocycles. The van der Waals surface area contributed by atoms with Crippen LogP contribution in [-0.2, 0) is 4.79 Å². The van der Waals surface area contributed by atoms with Crippen molar-refractivity contribution in [1.82, 2.24) is 5.32 Å². The number of carboxylic acids is 1. The number of hydrogen-bond donors (Lipinski definition) is 2. The van der Waals surface area contributed by atoms with Crippen molar-refractivity contribution in [3.63, 3.8) is 0 Å². The number of carbonyl (C=O) groups is 1. The van der Waals surface area contributed by atoms with Crippen LogP contribution < -0.4 is 5.32 Å². The zero-order chi connectivity index (χ0) is 10.8. The van der Waals surface area contributed by atoms with Gasteiger partial charge in [-0.2, -0.15) is 0 Å². The molecular weight excluding hydrogens is 178 g/mol. The smallest absolute Gasteiger partial charge is 0.303 e. The normalized spacial score (nSPS) is 11.6. The Morgan fingerprint density at radius 1 is 1.50 bits per heavy atom. The second-order valence-corrected chi connectivity index (χ2v) is 3.43. The molecule has 2 N–H and O–H groups in total. The molecule has 3 heteroatoms. The Morgan fingerprint density at radius 3 is 2.79 bits per heavy atom. The van der Waals surface area contributed by atoms with E-state index in [1.54, 1.807) is 0 Å². The van der Waals surface area contributed by atoms with Gasteiger partial charge in [-0.3, -0.25) is 4.79 Å². The number of nitrogens with one attached hydrogen (secondary N) is 1. The lowest BCUT2D eigenvalue weighted by atomic mass is 10.0. The molecule has 1 atom stereocenters. The van der Waals surface area contributed by atoms with Crippen LogP contribution in [0.15, 0.2) is 0 Å². The van der Waals surface area contributed by atoms with E-state index >= 15 is 0 Å². The van der Waals surface area contributed by atoms with Crippen LogP contribution in [-0.4, -0.2) is 24.2 Å². The molecule has 0 aliphatic carbocycles. The van der Waals surface area contributed by atoms with Gasteiger partial charge in [0.2, 0.25) is 0 Å². The summed E-state index contributed by atoms with van der Waals surface area (Å²) in [7, 11) is 0. The Hall–Kier alpha value is -1.01. The second kappa shape index (κ2) is 8.58. The van der Waals surface area contributed by atoms with Gasteiger partial charge in [0.15, 0.2) is 0 Å². The van der Waals surface area contributed by atoms with Crippen molar-refractivity contribution in [2.24, 2.45) is 5.92 Å². The largest absolute Gasteiger partial charge is 0.481 e. The zero-order valence-electron chi connectivity index (χ0n) is 8.97.